The van der Waals surface area contributed by atoms with Crippen molar-refractivity contribution >= 4 is 35.1 Å². The van der Waals surface area contributed by atoms with Crippen LogP contribution in [0.2, 0.25) is 0 Å². The molecular formula is C22H26N4O2S2. The maximum atomic E-state index is 12.3. The summed E-state index contributed by atoms with van der Waals surface area (Å²) in [6.07, 6.45) is 0. The molecule has 158 valence electrons. The molecule has 6 nitrogen and oxygen atoms in total. The van der Waals surface area contributed by atoms with Crippen LogP contribution in [-0.2, 0) is 22.8 Å². The minimum absolute atomic E-state index is 0.0742. The van der Waals surface area contributed by atoms with Gasteiger partial charge in [-0.3, -0.25) is 4.79 Å². The van der Waals surface area contributed by atoms with E-state index in [0.717, 1.165) is 40.5 Å². The molecule has 1 aromatic heterocycles. The van der Waals surface area contributed by atoms with Gasteiger partial charge in [0.1, 0.15) is 11.6 Å². The molecule has 0 bridgehead atoms. The van der Waals surface area contributed by atoms with Crippen LogP contribution in [0, 0.1) is 0 Å². The summed E-state index contributed by atoms with van der Waals surface area (Å²) in [5.74, 6) is 3.66. The summed E-state index contributed by atoms with van der Waals surface area (Å²) < 4.78 is 7.49. The summed E-state index contributed by atoms with van der Waals surface area (Å²) in [5.41, 5.74) is 2.05. The van der Waals surface area contributed by atoms with Gasteiger partial charge in [-0.25, -0.2) is 0 Å². The van der Waals surface area contributed by atoms with E-state index in [4.69, 9.17) is 4.74 Å². The van der Waals surface area contributed by atoms with Crippen LogP contribution in [0.4, 0.5) is 5.69 Å². The molecule has 0 aliphatic rings. The predicted molar refractivity (Wildman–Crippen MR) is 124 cm³/mol. The number of thioether (sulfide) groups is 2. The number of benzene rings is 2. The van der Waals surface area contributed by atoms with Gasteiger partial charge in [-0.15, -0.1) is 22.0 Å². The number of carbonyl (C=O) groups excluding carboxylic acids is 1. The van der Waals surface area contributed by atoms with Crippen LogP contribution >= 0.6 is 23.5 Å². The maximum Gasteiger partial charge on any atom is 0.234 e. The minimum atomic E-state index is -0.0742. The number of carbonyl (C=O) groups is 1. The van der Waals surface area contributed by atoms with Gasteiger partial charge in [0.05, 0.1) is 18.1 Å². The van der Waals surface area contributed by atoms with Crippen LogP contribution in [-0.4, -0.2) is 33.0 Å². The molecule has 2 aromatic carbocycles. The highest BCUT2D eigenvalue weighted by molar-refractivity contribution is 7.99. The molecule has 0 aliphatic carbocycles. The number of hydrogen-bond donors (Lipinski definition) is 1. The van der Waals surface area contributed by atoms with Crippen LogP contribution in [0.15, 0.2) is 59.8 Å². The van der Waals surface area contributed by atoms with E-state index in [1.165, 1.54) is 17.3 Å². The normalized spacial score (nSPS) is 10.7. The molecule has 3 aromatic rings. The maximum absolute atomic E-state index is 12.3. The first-order valence-electron chi connectivity index (χ1n) is 9.88. The topological polar surface area (TPSA) is 69.0 Å². The van der Waals surface area contributed by atoms with E-state index < -0.39 is 0 Å². The number of aromatic nitrogens is 3. The molecule has 3 rings (SSSR count). The van der Waals surface area contributed by atoms with Crippen molar-refractivity contribution in [3.63, 3.8) is 0 Å². The van der Waals surface area contributed by atoms with Crippen LogP contribution in [0.1, 0.15) is 25.2 Å². The zero-order valence-corrected chi connectivity index (χ0v) is 18.8. The number of nitrogens with one attached hydrogen (secondary N) is 1. The third-order valence-electron chi connectivity index (χ3n) is 4.23. The summed E-state index contributed by atoms with van der Waals surface area (Å²) in [6, 6.07) is 17.8. The summed E-state index contributed by atoms with van der Waals surface area (Å²) in [4.78, 5) is 12.3. The number of amides is 1. The molecular weight excluding hydrogens is 416 g/mol. The van der Waals surface area contributed by atoms with Crippen molar-refractivity contribution < 1.29 is 9.53 Å². The van der Waals surface area contributed by atoms with Crippen LogP contribution in [0.25, 0.3) is 0 Å². The zero-order chi connectivity index (χ0) is 21.2. The van der Waals surface area contributed by atoms with Gasteiger partial charge in [0.15, 0.2) is 5.16 Å². The van der Waals surface area contributed by atoms with E-state index in [0.29, 0.717) is 6.61 Å². The van der Waals surface area contributed by atoms with Crippen molar-refractivity contribution in [3.05, 3.63) is 66.0 Å². The van der Waals surface area contributed by atoms with Gasteiger partial charge in [-0.1, -0.05) is 42.1 Å². The summed E-state index contributed by atoms with van der Waals surface area (Å²) in [7, 11) is 0. The van der Waals surface area contributed by atoms with E-state index >= 15 is 0 Å². The minimum Gasteiger partial charge on any atom is -0.494 e. The fraction of sp³-hybridized carbons (Fsp3) is 0.318. The van der Waals surface area contributed by atoms with Gasteiger partial charge in [-0.2, -0.15) is 0 Å². The predicted octanol–water partition coefficient (Wildman–Crippen LogP) is 4.86. The van der Waals surface area contributed by atoms with Crippen LogP contribution < -0.4 is 10.1 Å². The van der Waals surface area contributed by atoms with Crippen LogP contribution in [0.3, 0.4) is 0 Å². The van der Waals surface area contributed by atoms with Crippen molar-refractivity contribution in [2.45, 2.75) is 37.1 Å². The van der Waals surface area contributed by atoms with Gasteiger partial charge in [-0.05, 0) is 43.7 Å². The van der Waals surface area contributed by atoms with E-state index in [-0.39, 0.29) is 11.7 Å². The standard InChI is InChI=1S/C22H26N4O2S2/c1-3-26-20(15-29-14-17-8-6-5-7-9-17)24-25-22(26)30-16-21(27)23-18-10-12-19(13-11-18)28-4-2/h5-13H,3-4,14-16H2,1-2H3,(H,23,27). The Morgan fingerprint density at radius 1 is 1.03 bits per heavy atom. The Morgan fingerprint density at radius 3 is 2.50 bits per heavy atom. The van der Waals surface area contributed by atoms with Crippen molar-refractivity contribution in [1.29, 1.82) is 0 Å². The molecule has 1 heterocycles. The van der Waals surface area contributed by atoms with Crippen molar-refractivity contribution in [2.75, 3.05) is 17.7 Å². The fourth-order valence-corrected chi connectivity index (χ4v) is 4.56. The Hall–Kier alpha value is -2.45. The largest absolute Gasteiger partial charge is 0.494 e. The van der Waals surface area contributed by atoms with Crippen molar-refractivity contribution in [2.24, 2.45) is 0 Å². The number of ether oxygens (including phenoxy) is 1. The molecule has 0 unspecified atom stereocenters. The molecule has 0 fully saturated rings. The zero-order valence-electron chi connectivity index (χ0n) is 17.2. The number of hydrogen-bond acceptors (Lipinski definition) is 6. The molecule has 1 N–H and O–H groups in total. The average molecular weight is 443 g/mol. The van der Waals surface area contributed by atoms with Crippen LogP contribution in [0.5, 0.6) is 5.75 Å². The molecule has 1 amide bonds. The highest BCUT2D eigenvalue weighted by Gasteiger charge is 2.13. The van der Waals surface area contributed by atoms with E-state index in [1.807, 2.05) is 49.0 Å². The monoisotopic (exact) mass is 442 g/mol. The smallest absolute Gasteiger partial charge is 0.234 e. The van der Waals surface area contributed by atoms with Gasteiger partial charge < -0.3 is 14.6 Å². The molecule has 8 heteroatoms. The second-order valence-electron chi connectivity index (χ2n) is 6.42. The molecule has 0 spiro atoms. The van der Waals surface area contributed by atoms with E-state index in [1.54, 1.807) is 0 Å². The Kier molecular flexibility index (Phi) is 8.65. The van der Waals surface area contributed by atoms with Gasteiger partial charge in [0.25, 0.3) is 0 Å². The van der Waals surface area contributed by atoms with Crippen molar-refractivity contribution in [1.82, 2.24) is 14.8 Å². The lowest BCUT2D eigenvalue weighted by Crippen LogP contribution is -2.14. The summed E-state index contributed by atoms with van der Waals surface area (Å²) in [5, 5.41) is 12.3. The van der Waals surface area contributed by atoms with Gasteiger partial charge in [0, 0.05) is 18.0 Å². The first-order valence-corrected chi connectivity index (χ1v) is 12.0. The lowest BCUT2D eigenvalue weighted by Gasteiger charge is -2.08. The first kappa shape index (κ1) is 22.2. The second kappa shape index (κ2) is 11.7. The summed E-state index contributed by atoms with van der Waals surface area (Å²) >= 11 is 3.22. The Morgan fingerprint density at radius 2 is 1.80 bits per heavy atom. The molecule has 0 saturated carbocycles. The molecule has 0 atom stereocenters. The van der Waals surface area contributed by atoms with Gasteiger partial charge >= 0.3 is 0 Å². The highest BCUT2D eigenvalue weighted by atomic mass is 32.2. The number of nitrogens with zero attached hydrogens (tertiary/aromatic N) is 3. The lowest BCUT2D eigenvalue weighted by atomic mass is 10.2. The fourth-order valence-electron chi connectivity index (χ4n) is 2.81. The van der Waals surface area contributed by atoms with E-state index in [9.17, 15) is 4.79 Å². The number of rotatable bonds is 11. The van der Waals surface area contributed by atoms with E-state index in [2.05, 4.69) is 51.3 Å². The van der Waals surface area contributed by atoms with Crippen molar-refractivity contribution in [3.8, 4) is 5.75 Å². The Labute approximate surface area is 185 Å². The molecule has 0 aliphatic heterocycles. The first-order chi connectivity index (χ1) is 14.7. The molecule has 0 saturated heterocycles. The Bertz CT molecular complexity index is 930. The number of anilines is 1. The lowest BCUT2D eigenvalue weighted by molar-refractivity contribution is -0.113. The van der Waals surface area contributed by atoms with Gasteiger partial charge in [0.2, 0.25) is 5.91 Å². The third kappa shape index (κ3) is 6.53. The average Bonchev–Trinajstić information content (AvgIpc) is 3.16. The SMILES string of the molecule is CCOc1ccc(NC(=O)CSc2nnc(CSCc3ccccc3)n2CC)cc1. The highest BCUT2D eigenvalue weighted by Crippen LogP contribution is 2.22. The molecule has 30 heavy (non-hydrogen) atoms. The third-order valence-corrected chi connectivity index (χ3v) is 6.20. The quantitative estimate of drug-likeness (QED) is 0.428. The second-order valence-corrected chi connectivity index (χ2v) is 8.34. The molecule has 0 radical (unpaired) electrons. The Balaban J connectivity index is 1.49. The summed E-state index contributed by atoms with van der Waals surface area (Å²) in [6.45, 7) is 5.40.